The van der Waals surface area contributed by atoms with E-state index in [2.05, 4.69) is 11.4 Å². The smallest absolute Gasteiger partial charge is 0.293 e. The maximum atomic E-state index is 13.6. The summed E-state index contributed by atoms with van der Waals surface area (Å²) in [4.78, 5) is 17.2. The molecule has 1 aromatic carbocycles. The van der Waals surface area contributed by atoms with E-state index in [1.807, 2.05) is 17.9 Å². The number of halogens is 2. The van der Waals surface area contributed by atoms with E-state index in [4.69, 9.17) is 6.57 Å². The number of nitro groups is 1. The Balaban J connectivity index is 2.00. The van der Waals surface area contributed by atoms with Gasteiger partial charge in [-0.1, -0.05) is 12.2 Å². The van der Waals surface area contributed by atoms with Crippen LogP contribution in [0.5, 0.6) is 0 Å². The number of nitrogens with zero attached hydrogens (tertiary/aromatic N) is 3. The zero-order chi connectivity index (χ0) is 21.2. The van der Waals surface area contributed by atoms with E-state index in [9.17, 15) is 18.9 Å². The van der Waals surface area contributed by atoms with Crippen LogP contribution in [0.15, 0.2) is 30.4 Å². The van der Waals surface area contributed by atoms with E-state index in [1.54, 1.807) is 6.07 Å². The second-order valence-corrected chi connectivity index (χ2v) is 8.48. The lowest BCUT2D eigenvalue weighted by molar-refractivity contribution is -0.384. The van der Waals surface area contributed by atoms with Gasteiger partial charge in [-0.25, -0.2) is 15.4 Å². The van der Waals surface area contributed by atoms with Crippen molar-refractivity contribution in [3.8, 4) is 0 Å². The highest BCUT2D eigenvalue weighted by atomic mass is 19.3. The predicted octanol–water partition coefficient (Wildman–Crippen LogP) is 6.24. The fourth-order valence-corrected chi connectivity index (χ4v) is 4.67. The van der Waals surface area contributed by atoms with Crippen molar-refractivity contribution in [1.29, 1.82) is 0 Å². The molecule has 3 rings (SSSR count). The first-order valence-electron chi connectivity index (χ1n) is 10.1. The van der Waals surface area contributed by atoms with Crippen LogP contribution in [-0.4, -0.2) is 23.4 Å². The van der Waals surface area contributed by atoms with Crippen molar-refractivity contribution in [1.82, 2.24) is 0 Å². The molecule has 0 aliphatic heterocycles. The molecule has 0 radical (unpaired) electrons. The number of alkyl halides is 2. The fraction of sp³-hybridized carbons (Fsp3) is 0.591. The molecule has 0 bridgehead atoms. The normalized spacial score (nSPS) is 20.8. The van der Waals surface area contributed by atoms with Crippen LogP contribution in [0, 0.1) is 16.7 Å². The molecule has 2 fully saturated rings. The van der Waals surface area contributed by atoms with Gasteiger partial charge in [0.25, 0.3) is 11.2 Å². The Morgan fingerprint density at radius 3 is 2.45 bits per heavy atom. The highest BCUT2D eigenvalue weighted by Crippen LogP contribution is 2.46. The zero-order valence-corrected chi connectivity index (χ0v) is 16.8. The van der Waals surface area contributed by atoms with Crippen molar-refractivity contribution >= 4 is 11.4 Å². The molecule has 0 amide bonds. The highest BCUT2D eigenvalue weighted by molar-refractivity contribution is 5.66. The summed E-state index contributed by atoms with van der Waals surface area (Å²) < 4.78 is 27.3. The lowest BCUT2D eigenvalue weighted by atomic mass is 9.87. The third-order valence-corrected chi connectivity index (χ3v) is 6.23. The third-order valence-electron chi connectivity index (χ3n) is 6.23. The van der Waals surface area contributed by atoms with Gasteiger partial charge in [0, 0.05) is 49.9 Å². The maximum Gasteiger partial charge on any atom is 0.293 e. The molecular weight excluding hydrogens is 376 g/mol. The van der Waals surface area contributed by atoms with Gasteiger partial charge in [-0.3, -0.25) is 10.1 Å². The molecular formula is C22H27F2N3O2. The predicted molar refractivity (Wildman–Crippen MR) is 109 cm³/mol. The minimum absolute atomic E-state index is 0.0593. The minimum atomic E-state index is -2.66. The average molecular weight is 403 g/mol. The lowest BCUT2D eigenvalue weighted by Crippen LogP contribution is -2.42. The molecule has 7 heteroatoms. The van der Waals surface area contributed by atoms with Crippen LogP contribution >= 0.6 is 0 Å². The van der Waals surface area contributed by atoms with Gasteiger partial charge in [0.2, 0.25) is 5.92 Å². The first kappa shape index (κ1) is 21.2. The van der Waals surface area contributed by atoms with Crippen LogP contribution in [-0.2, 0) is 5.54 Å². The Labute approximate surface area is 170 Å². The summed E-state index contributed by atoms with van der Waals surface area (Å²) in [5.74, 6) is -2.66. The van der Waals surface area contributed by atoms with E-state index >= 15 is 0 Å². The molecule has 2 aliphatic rings. The van der Waals surface area contributed by atoms with Crippen LogP contribution in [0.25, 0.3) is 4.85 Å². The standard InChI is InChI=1S/C22H27F2N3O2/c1-16(2)15-26(18-8-12-22(23,24)13-9-18)19-7-6-17(14-20(19)27(28)29)21(25-3)10-4-5-11-21/h6-7,14,18H,1,4-5,8-13,15H2,2H3. The molecule has 0 atom stereocenters. The van der Waals surface area contributed by atoms with Crippen LogP contribution in [0.3, 0.4) is 0 Å². The quantitative estimate of drug-likeness (QED) is 0.244. The molecule has 2 aliphatic carbocycles. The second kappa shape index (κ2) is 8.10. The molecule has 2 saturated carbocycles. The Bertz CT molecular complexity index is 831. The summed E-state index contributed by atoms with van der Waals surface area (Å²) in [5.41, 5.74) is 1.18. The van der Waals surface area contributed by atoms with E-state index in [-0.39, 0.29) is 37.4 Å². The molecule has 0 saturated heterocycles. The third kappa shape index (κ3) is 4.42. The molecule has 0 spiro atoms. The van der Waals surface area contributed by atoms with Crippen molar-refractivity contribution in [2.45, 2.75) is 75.8 Å². The van der Waals surface area contributed by atoms with Gasteiger partial charge >= 0.3 is 0 Å². The molecule has 0 aromatic heterocycles. The Morgan fingerprint density at radius 1 is 1.31 bits per heavy atom. The van der Waals surface area contributed by atoms with Crippen LogP contribution in [0.1, 0.15) is 63.9 Å². The monoisotopic (exact) mass is 403 g/mol. The molecule has 0 N–H and O–H groups in total. The van der Waals surface area contributed by atoms with Gasteiger partial charge in [0.05, 0.1) is 4.92 Å². The first-order chi connectivity index (χ1) is 13.7. The molecule has 5 nitrogen and oxygen atoms in total. The van der Waals surface area contributed by atoms with E-state index < -0.39 is 16.4 Å². The van der Waals surface area contributed by atoms with Crippen molar-refractivity contribution in [2.75, 3.05) is 11.4 Å². The molecule has 0 heterocycles. The summed E-state index contributed by atoms with van der Waals surface area (Å²) >= 11 is 0. The van der Waals surface area contributed by atoms with Crippen LogP contribution < -0.4 is 4.90 Å². The van der Waals surface area contributed by atoms with E-state index in [1.165, 1.54) is 6.07 Å². The minimum Gasteiger partial charge on any atom is -0.359 e. The molecule has 156 valence electrons. The number of nitro benzene ring substituents is 1. The number of anilines is 1. The van der Waals surface area contributed by atoms with Crippen molar-refractivity contribution in [3.05, 3.63) is 57.4 Å². The first-order valence-corrected chi connectivity index (χ1v) is 10.1. The summed E-state index contributed by atoms with van der Waals surface area (Å²) in [6.07, 6.45) is 3.44. The Hall–Kier alpha value is -2.49. The number of benzene rings is 1. The van der Waals surface area contributed by atoms with E-state index in [0.29, 0.717) is 30.6 Å². The SMILES string of the molecule is [C-]#[N+]C1(c2ccc(N(CC(=C)C)C3CCC(F)(F)CC3)c([N+](=O)[O-])c2)CCCC1. The average Bonchev–Trinajstić information content (AvgIpc) is 3.16. The van der Waals surface area contributed by atoms with Crippen molar-refractivity contribution < 1.29 is 13.7 Å². The summed E-state index contributed by atoms with van der Waals surface area (Å²) in [7, 11) is 0. The molecule has 29 heavy (non-hydrogen) atoms. The Morgan fingerprint density at radius 2 is 1.93 bits per heavy atom. The Kier molecular flexibility index (Phi) is 5.92. The van der Waals surface area contributed by atoms with Crippen molar-refractivity contribution in [3.63, 3.8) is 0 Å². The molecule has 1 aromatic rings. The zero-order valence-electron chi connectivity index (χ0n) is 16.8. The number of hydrogen-bond donors (Lipinski definition) is 0. The lowest BCUT2D eigenvalue weighted by Gasteiger charge is -2.38. The highest BCUT2D eigenvalue weighted by Gasteiger charge is 2.44. The second-order valence-electron chi connectivity index (χ2n) is 8.48. The van der Waals surface area contributed by atoms with Gasteiger partial charge in [-0.15, -0.1) is 0 Å². The number of rotatable bonds is 6. The summed E-state index contributed by atoms with van der Waals surface area (Å²) in [5, 5.41) is 11.9. The van der Waals surface area contributed by atoms with Crippen molar-refractivity contribution in [2.24, 2.45) is 0 Å². The van der Waals surface area contributed by atoms with Gasteiger partial charge in [-0.2, -0.15) is 0 Å². The largest absolute Gasteiger partial charge is 0.359 e. The van der Waals surface area contributed by atoms with Gasteiger partial charge < -0.3 is 9.74 Å². The topological polar surface area (TPSA) is 50.7 Å². The maximum absolute atomic E-state index is 13.6. The van der Waals surface area contributed by atoms with Crippen LogP contribution in [0.4, 0.5) is 20.2 Å². The van der Waals surface area contributed by atoms with Gasteiger partial charge in [0.1, 0.15) is 5.69 Å². The summed E-state index contributed by atoms with van der Waals surface area (Å²) in [6, 6.07) is 4.85. The van der Waals surface area contributed by atoms with Crippen LogP contribution in [0.2, 0.25) is 0 Å². The molecule has 0 unspecified atom stereocenters. The fourth-order valence-electron chi connectivity index (χ4n) is 4.67. The van der Waals surface area contributed by atoms with E-state index in [0.717, 1.165) is 18.4 Å². The van der Waals surface area contributed by atoms with Gasteiger partial charge in [0.15, 0.2) is 0 Å². The summed E-state index contributed by atoms with van der Waals surface area (Å²) in [6.45, 7) is 13.8. The number of hydrogen-bond acceptors (Lipinski definition) is 3. The van der Waals surface area contributed by atoms with Gasteiger partial charge in [-0.05, 0) is 44.7 Å².